The summed E-state index contributed by atoms with van der Waals surface area (Å²) in [4.78, 5) is 0. The van der Waals surface area contributed by atoms with E-state index >= 15 is 0 Å². The number of benzene rings is 1. The third kappa shape index (κ3) is 8.93. The predicted molar refractivity (Wildman–Crippen MR) is 94.8 cm³/mol. The van der Waals surface area contributed by atoms with Gasteiger partial charge in [0, 0.05) is 0 Å². The molecule has 1 N–H and O–H groups in total. The van der Waals surface area contributed by atoms with Gasteiger partial charge in [0.15, 0.2) is 0 Å². The van der Waals surface area contributed by atoms with E-state index in [-0.39, 0.29) is 0 Å². The van der Waals surface area contributed by atoms with Gasteiger partial charge in [0.25, 0.3) is 0 Å². The van der Waals surface area contributed by atoms with E-state index in [0.29, 0.717) is 0 Å². The van der Waals surface area contributed by atoms with Crippen LogP contribution in [0.3, 0.4) is 0 Å². The lowest BCUT2D eigenvalue weighted by Crippen LogP contribution is -2.27. The van der Waals surface area contributed by atoms with Crippen molar-refractivity contribution in [2.75, 3.05) is 13.1 Å². The molecule has 1 rings (SSSR count). The molecule has 0 radical (unpaired) electrons. The van der Waals surface area contributed by atoms with Gasteiger partial charge in [-0.2, -0.15) is 0 Å². The molecule has 0 amide bonds. The van der Waals surface area contributed by atoms with Crippen molar-refractivity contribution in [1.29, 1.82) is 0 Å². The molecule has 0 saturated carbocycles. The first-order valence-electron chi connectivity index (χ1n) is 8.73. The van der Waals surface area contributed by atoms with E-state index in [2.05, 4.69) is 64.2 Å². The number of rotatable bonds is 10. The van der Waals surface area contributed by atoms with Gasteiger partial charge >= 0.3 is 0 Å². The van der Waals surface area contributed by atoms with Gasteiger partial charge in [-0.25, -0.2) is 0 Å². The van der Waals surface area contributed by atoms with Crippen LogP contribution in [-0.2, 0) is 6.42 Å². The Labute approximate surface area is 132 Å². The van der Waals surface area contributed by atoms with Crippen LogP contribution in [0.5, 0.6) is 0 Å². The Balaban J connectivity index is 2.49. The molecule has 0 aromatic heterocycles. The van der Waals surface area contributed by atoms with Gasteiger partial charge in [0.1, 0.15) is 0 Å². The van der Waals surface area contributed by atoms with Gasteiger partial charge in [0.2, 0.25) is 0 Å². The zero-order valence-electron chi connectivity index (χ0n) is 14.8. The predicted octanol–water partition coefficient (Wildman–Crippen LogP) is 5.23. The topological polar surface area (TPSA) is 12.0 Å². The summed E-state index contributed by atoms with van der Waals surface area (Å²) in [5.74, 6) is 2.33. The van der Waals surface area contributed by atoms with Crippen molar-refractivity contribution in [1.82, 2.24) is 5.32 Å². The zero-order chi connectivity index (χ0) is 15.7. The van der Waals surface area contributed by atoms with Crippen LogP contribution in [-0.4, -0.2) is 13.1 Å². The molecular formula is C20H35N. The lowest BCUT2D eigenvalue weighted by molar-refractivity contribution is 0.396. The van der Waals surface area contributed by atoms with Crippen molar-refractivity contribution in [3.8, 4) is 0 Å². The number of nitrogens with one attached hydrogen (secondary N) is 1. The maximum absolute atomic E-state index is 3.66. The summed E-state index contributed by atoms with van der Waals surface area (Å²) in [6, 6.07) is 9.01. The molecule has 0 heterocycles. The largest absolute Gasteiger partial charge is 0.316 e. The highest BCUT2D eigenvalue weighted by atomic mass is 14.9. The summed E-state index contributed by atoms with van der Waals surface area (Å²) in [6.07, 6.45) is 5.27. The summed E-state index contributed by atoms with van der Waals surface area (Å²) < 4.78 is 0. The van der Waals surface area contributed by atoms with Crippen molar-refractivity contribution in [2.24, 2.45) is 17.8 Å². The minimum atomic E-state index is 0.736. The van der Waals surface area contributed by atoms with E-state index in [0.717, 1.165) is 30.8 Å². The van der Waals surface area contributed by atoms with E-state index in [1.807, 2.05) is 0 Å². The summed E-state index contributed by atoms with van der Waals surface area (Å²) in [5, 5.41) is 3.66. The Kier molecular flexibility index (Phi) is 8.68. The molecule has 0 fully saturated rings. The van der Waals surface area contributed by atoms with Crippen LogP contribution >= 0.6 is 0 Å². The average molecular weight is 290 g/mol. The number of hydrogen-bond donors (Lipinski definition) is 1. The van der Waals surface area contributed by atoms with Crippen molar-refractivity contribution < 1.29 is 0 Å². The van der Waals surface area contributed by atoms with Crippen LogP contribution in [0.15, 0.2) is 24.3 Å². The van der Waals surface area contributed by atoms with Crippen LogP contribution in [0.25, 0.3) is 0 Å². The van der Waals surface area contributed by atoms with Gasteiger partial charge in [-0.15, -0.1) is 0 Å². The summed E-state index contributed by atoms with van der Waals surface area (Å²) in [5.41, 5.74) is 2.87. The molecule has 0 spiro atoms. The van der Waals surface area contributed by atoms with E-state index in [9.17, 15) is 0 Å². The lowest BCUT2D eigenvalue weighted by atomic mass is 9.92. The van der Waals surface area contributed by atoms with Crippen LogP contribution in [0.1, 0.15) is 58.1 Å². The molecule has 1 aromatic carbocycles. The highest BCUT2D eigenvalue weighted by Gasteiger charge is 2.10. The Morgan fingerprint density at radius 3 is 2.33 bits per heavy atom. The Morgan fingerprint density at radius 1 is 0.952 bits per heavy atom. The Hall–Kier alpha value is -0.820. The van der Waals surface area contributed by atoms with Gasteiger partial charge < -0.3 is 5.32 Å². The van der Waals surface area contributed by atoms with Crippen LogP contribution in [0.4, 0.5) is 0 Å². The van der Waals surface area contributed by atoms with Crippen molar-refractivity contribution in [3.05, 3.63) is 35.4 Å². The van der Waals surface area contributed by atoms with Gasteiger partial charge in [-0.05, 0) is 56.2 Å². The van der Waals surface area contributed by atoms with Crippen LogP contribution in [0, 0.1) is 24.7 Å². The minimum Gasteiger partial charge on any atom is -0.316 e. The molecule has 1 atom stereocenters. The normalized spacial score (nSPS) is 13.1. The highest BCUT2D eigenvalue weighted by molar-refractivity contribution is 5.22. The van der Waals surface area contributed by atoms with Gasteiger partial charge in [0.05, 0.1) is 0 Å². The molecule has 1 aromatic rings. The number of aryl methyl sites for hydroxylation is 1. The summed E-state index contributed by atoms with van der Waals surface area (Å²) >= 11 is 0. The maximum atomic E-state index is 3.66. The molecular weight excluding hydrogens is 254 g/mol. The molecule has 0 aliphatic heterocycles. The fourth-order valence-corrected chi connectivity index (χ4v) is 2.84. The second kappa shape index (κ2) is 10.00. The Bertz CT molecular complexity index is 367. The fourth-order valence-electron chi connectivity index (χ4n) is 2.84. The third-order valence-electron chi connectivity index (χ3n) is 3.99. The third-order valence-corrected chi connectivity index (χ3v) is 3.99. The molecule has 0 aliphatic carbocycles. The van der Waals surface area contributed by atoms with E-state index in [1.54, 1.807) is 0 Å². The lowest BCUT2D eigenvalue weighted by Gasteiger charge is -2.19. The molecule has 1 unspecified atom stereocenters. The summed E-state index contributed by atoms with van der Waals surface area (Å²) in [6.45, 7) is 13.7. The molecule has 0 aliphatic rings. The van der Waals surface area contributed by atoms with Gasteiger partial charge in [-0.1, -0.05) is 70.4 Å². The molecule has 120 valence electrons. The molecule has 0 saturated heterocycles. The van der Waals surface area contributed by atoms with Crippen LogP contribution < -0.4 is 5.32 Å². The second-order valence-electron chi connectivity index (χ2n) is 7.44. The SMILES string of the molecule is Cc1cccc(CC(CCCC(C)C)CNCC(C)C)c1. The van der Waals surface area contributed by atoms with E-state index in [4.69, 9.17) is 0 Å². The van der Waals surface area contributed by atoms with Gasteiger partial charge in [-0.3, -0.25) is 0 Å². The van der Waals surface area contributed by atoms with Crippen LogP contribution in [0.2, 0.25) is 0 Å². The van der Waals surface area contributed by atoms with Crippen molar-refractivity contribution >= 4 is 0 Å². The van der Waals surface area contributed by atoms with E-state index < -0.39 is 0 Å². The quantitative estimate of drug-likeness (QED) is 0.622. The smallest absolute Gasteiger partial charge is 0.00172 e. The second-order valence-corrected chi connectivity index (χ2v) is 7.44. The Morgan fingerprint density at radius 2 is 1.71 bits per heavy atom. The number of hydrogen-bond acceptors (Lipinski definition) is 1. The fraction of sp³-hybridized carbons (Fsp3) is 0.700. The molecule has 21 heavy (non-hydrogen) atoms. The summed E-state index contributed by atoms with van der Waals surface area (Å²) in [7, 11) is 0. The highest BCUT2D eigenvalue weighted by Crippen LogP contribution is 2.18. The molecule has 0 bridgehead atoms. The minimum absolute atomic E-state index is 0.736. The molecule has 1 heteroatoms. The first kappa shape index (κ1) is 18.2. The van der Waals surface area contributed by atoms with E-state index in [1.165, 1.54) is 36.8 Å². The molecule has 1 nitrogen and oxygen atoms in total. The first-order chi connectivity index (χ1) is 9.97. The average Bonchev–Trinajstić information content (AvgIpc) is 2.37. The zero-order valence-corrected chi connectivity index (χ0v) is 14.8. The first-order valence-corrected chi connectivity index (χ1v) is 8.73. The standard InChI is InChI=1S/C20H35N/c1-16(2)8-6-11-20(15-21-14-17(3)4)13-19-10-7-9-18(5)12-19/h7,9-10,12,16-17,20-21H,6,8,11,13-15H2,1-5H3. The van der Waals surface area contributed by atoms with Crippen molar-refractivity contribution in [3.63, 3.8) is 0 Å². The maximum Gasteiger partial charge on any atom is -0.00172 e. The van der Waals surface area contributed by atoms with Crippen molar-refractivity contribution in [2.45, 2.75) is 60.3 Å². The monoisotopic (exact) mass is 289 g/mol.